The van der Waals surface area contributed by atoms with Crippen LogP contribution in [-0.2, 0) is 0 Å². The summed E-state index contributed by atoms with van der Waals surface area (Å²) in [5.41, 5.74) is 0.103. The summed E-state index contributed by atoms with van der Waals surface area (Å²) in [6.07, 6.45) is 0.714. The van der Waals surface area contributed by atoms with E-state index in [1.54, 1.807) is 0 Å². The number of benzene rings is 2. The zero-order chi connectivity index (χ0) is 14.9. The first-order valence-electron chi connectivity index (χ1n) is 7.50. The lowest BCUT2D eigenvalue weighted by molar-refractivity contribution is -0.0124. The molecule has 3 rings (SSSR count). The second-order valence-corrected chi connectivity index (χ2v) is 6.15. The topological polar surface area (TPSA) is 23.5 Å². The fourth-order valence-electron chi connectivity index (χ4n) is 2.95. The average molecular weight is 279 g/mol. The number of fused-ring (bicyclic) bond motifs is 1. The van der Waals surface area contributed by atoms with Gasteiger partial charge in [-0.05, 0) is 30.0 Å². The Morgan fingerprint density at radius 3 is 2.71 bits per heavy atom. The van der Waals surface area contributed by atoms with Crippen LogP contribution in [0.25, 0.3) is 10.8 Å². The van der Waals surface area contributed by atoms with Gasteiger partial charge in [0.05, 0.1) is 0 Å². The monoisotopic (exact) mass is 279 g/mol. The molecule has 2 aromatic carbocycles. The van der Waals surface area contributed by atoms with Crippen molar-refractivity contribution in [2.24, 2.45) is 5.92 Å². The molecule has 21 heavy (non-hydrogen) atoms. The standard InChI is InChI=1S/C19H21NO/c1-15-14-20(2)12-11-19(15,21)10-9-16-7-8-17-5-3-4-6-18(17)13-16/h3-8,13,15,21H,11-12,14H2,1-2H3. The Balaban J connectivity index is 1.88. The highest BCUT2D eigenvalue weighted by atomic mass is 16.3. The van der Waals surface area contributed by atoms with E-state index in [2.05, 4.69) is 55.0 Å². The highest BCUT2D eigenvalue weighted by molar-refractivity contribution is 5.83. The summed E-state index contributed by atoms with van der Waals surface area (Å²) in [6, 6.07) is 14.5. The quantitative estimate of drug-likeness (QED) is 0.750. The molecule has 0 radical (unpaired) electrons. The number of aliphatic hydroxyl groups is 1. The van der Waals surface area contributed by atoms with E-state index in [4.69, 9.17) is 0 Å². The van der Waals surface area contributed by atoms with Crippen LogP contribution in [-0.4, -0.2) is 35.7 Å². The molecule has 1 heterocycles. The molecule has 0 bridgehead atoms. The van der Waals surface area contributed by atoms with Crippen LogP contribution in [0.3, 0.4) is 0 Å². The van der Waals surface area contributed by atoms with Gasteiger partial charge in [-0.3, -0.25) is 0 Å². The maximum atomic E-state index is 10.7. The molecule has 1 aliphatic rings. The van der Waals surface area contributed by atoms with Crippen LogP contribution in [0.1, 0.15) is 18.9 Å². The van der Waals surface area contributed by atoms with Crippen molar-refractivity contribution in [2.45, 2.75) is 18.9 Å². The third kappa shape index (κ3) is 2.95. The molecule has 2 unspecified atom stereocenters. The second kappa shape index (κ2) is 5.52. The molecule has 2 heteroatoms. The molecule has 108 valence electrons. The molecule has 0 saturated carbocycles. The highest BCUT2D eigenvalue weighted by Crippen LogP contribution is 2.26. The molecule has 1 N–H and O–H groups in total. The minimum absolute atomic E-state index is 0.171. The first kappa shape index (κ1) is 14.1. The first-order chi connectivity index (χ1) is 10.1. The van der Waals surface area contributed by atoms with Crippen LogP contribution in [0.5, 0.6) is 0 Å². The Labute approximate surface area is 126 Å². The van der Waals surface area contributed by atoms with E-state index in [1.807, 2.05) is 18.2 Å². The van der Waals surface area contributed by atoms with Crippen LogP contribution in [0.15, 0.2) is 42.5 Å². The molecular formula is C19H21NO. The summed E-state index contributed by atoms with van der Waals surface area (Å²) >= 11 is 0. The first-order valence-corrected chi connectivity index (χ1v) is 7.50. The fraction of sp³-hybridized carbons (Fsp3) is 0.368. The third-order valence-corrected chi connectivity index (χ3v) is 4.45. The van der Waals surface area contributed by atoms with Crippen LogP contribution >= 0.6 is 0 Å². The number of likely N-dealkylation sites (tertiary alicyclic amines) is 1. The van der Waals surface area contributed by atoms with Crippen molar-refractivity contribution in [1.82, 2.24) is 4.90 Å². The predicted octanol–water partition coefficient (Wildman–Crippen LogP) is 2.89. The molecule has 1 aliphatic heterocycles. The average Bonchev–Trinajstić information content (AvgIpc) is 2.49. The van der Waals surface area contributed by atoms with Gasteiger partial charge < -0.3 is 10.0 Å². The molecule has 0 aliphatic carbocycles. The fourth-order valence-corrected chi connectivity index (χ4v) is 2.95. The van der Waals surface area contributed by atoms with Gasteiger partial charge in [-0.15, -0.1) is 0 Å². The summed E-state index contributed by atoms with van der Waals surface area (Å²) in [7, 11) is 2.09. The Hall–Kier alpha value is -1.82. The van der Waals surface area contributed by atoms with E-state index in [-0.39, 0.29) is 5.92 Å². The van der Waals surface area contributed by atoms with Gasteiger partial charge in [0.1, 0.15) is 5.60 Å². The minimum Gasteiger partial charge on any atom is -0.377 e. The van der Waals surface area contributed by atoms with Crippen LogP contribution in [0.2, 0.25) is 0 Å². The van der Waals surface area contributed by atoms with Gasteiger partial charge in [-0.25, -0.2) is 0 Å². The smallest absolute Gasteiger partial charge is 0.130 e. The van der Waals surface area contributed by atoms with Gasteiger partial charge in [0.15, 0.2) is 0 Å². The third-order valence-electron chi connectivity index (χ3n) is 4.45. The van der Waals surface area contributed by atoms with E-state index in [9.17, 15) is 5.11 Å². The van der Waals surface area contributed by atoms with Crippen molar-refractivity contribution in [2.75, 3.05) is 20.1 Å². The van der Waals surface area contributed by atoms with Crippen molar-refractivity contribution < 1.29 is 5.11 Å². The lowest BCUT2D eigenvalue weighted by atomic mass is 9.82. The maximum absolute atomic E-state index is 10.7. The number of hydrogen-bond donors (Lipinski definition) is 1. The minimum atomic E-state index is -0.863. The van der Waals surface area contributed by atoms with Gasteiger partial charge in [0.2, 0.25) is 0 Å². The van der Waals surface area contributed by atoms with Crippen molar-refractivity contribution >= 4 is 10.8 Å². The molecule has 0 spiro atoms. The molecule has 1 fully saturated rings. The van der Waals surface area contributed by atoms with Gasteiger partial charge >= 0.3 is 0 Å². The Kier molecular flexibility index (Phi) is 3.71. The molecule has 0 aromatic heterocycles. The lowest BCUT2D eigenvalue weighted by Gasteiger charge is -2.38. The van der Waals surface area contributed by atoms with Gasteiger partial charge in [0.25, 0.3) is 0 Å². The van der Waals surface area contributed by atoms with E-state index in [0.29, 0.717) is 6.42 Å². The molecule has 0 amide bonds. The molecule has 2 aromatic rings. The molecule has 2 atom stereocenters. The lowest BCUT2D eigenvalue weighted by Crippen LogP contribution is -2.48. The summed E-state index contributed by atoms with van der Waals surface area (Å²) < 4.78 is 0. The molecule has 1 saturated heterocycles. The normalized spacial score (nSPS) is 26.3. The van der Waals surface area contributed by atoms with E-state index in [0.717, 1.165) is 18.7 Å². The number of nitrogens with zero attached hydrogens (tertiary/aromatic N) is 1. The summed E-state index contributed by atoms with van der Waals surface area (Å²) in [5, 5.41) is 13.1. The van der Waals surface area contributed by atoms with Crippen molar-refractivity contribution in [3.63, 3.8) is 0 Å². The number of hydrogen-bond acceptors (Lipinski definition) is 2. The summed E-state index contributed by atoms with van der Waals surface area (Å²) in [6.45, 7) is 3.86. The largest absolute Gasteiger partial charge is 0.377 e. The highest BCUT2D eigenvalue weighted by Gasteiger charge is 2.36. The molecular weight excluding hydrogens is 258 g/mol. The Morgan fingerprint density at radius 2 is 1.95 bits per heavy atom. The van der Waals surface area contributed by atoms with Gasteiger partial charge in [0, 0.05) is 31.0 Å². The Bertz CT molecular complexity index is 712. The SMILES string of the molecule is CC1CN(C)CCC1(O)C#Cc1ccc2ccccc2c1. The maximum Gasteiger partial charge on any atom is 0.130 e. The van der Waals surface area contributed by atoms with Crippen molar-refractivity contribution in [3.8, 4) is 11.8 Å². The number of piperidine rings is 1. The van der Waals surface area contributed by atoms with Crippen LogP contribution in [0, 0.1) is 17.8 Å². The van der Waals surface area contributed by atoms with Crippen molar-refractivity contribution in [1.29, 1.82) is 0 Å². The zero-order valence-corrected chi connectivity index (χ0v) is 12.6. The Morgan fingerprint density at radius 1 is 1.19 bits per heavy atom. The van der Waals surface area contributed by atoms with Crippen LogP contribution in [0.4, 0.5) is 0 Å². The second-order valence-electron chi connectivity index (χ2n) is 6.15. The van der Waals surface area contributed by atoms with Gasteiger partial charge in [-0.1, -0.05) is 49.1 Å². The van der Waals surface area contributed by atoms with E-state index >= 15 is 0 Å². The van der Waals surface area contributed by atoms with Crippen LogP contribution < -0.4 is 0 Å². The number of rotatable bonds is 0. The predicted molar refractivity (Wildman–Crippen MR) is 87.1 cm³/mol. The zero-order valence-electron chi connectivity index (χ0n) is 12.6. The summed E-state index contributed by atoms with van der Waals surface area (Å²) in [5.74, 6) is 6.47. The van der Waals surface area contributed by atoms with E-state index < -0.39 is 5.60 Å². The van der Waals surface area contributed by atoms with E-state index in [1.165, 1.54) is 10.8 Å². The summed E-state index contributed by atoms with van der Waals surface area (Å²) in [4.78, 5) is 2.25. The molecule has 2 nitrogen and oxygen atoms in total. The van der Waals surface area contributed by atoms with Gasteiger partial charge in [-0.2, -0.15) is 0 Å². The van der Waals surface area contributed by atoms with Crippen molar-refractivity contribution in [3.05, 3.63) is 48.0 Å².